The van der Waals surface area contributed by atoms with E-state index in [0.717, 1.165) is 73.8 Å². The lowest BCUT2D eigenvalue weighted by atomic mass is 9.74. The molecule has 0 radical (unpaired) electrons. The zero-order valence-corrected chi connectivity index (χ0v) is 19.1. The van der Waals surface area contributed by atoms with E-state index in [-0.39, 0.29) is 12.1 Å². The Balaban J connectivity index is 1.31. The van der Waals surface area contributed by atoms with Crippen molar-refractivity contribution >= 4 is 5.97 Å². The van der Waals surface area contributed by atoms with Crippen LogP contribution in [0.1, 0.15) is 62.6 Å². The summed E-state index contributed by atoms with van der Waals surface area (Å²) < 4.78 is 7.53. The van der Waals surface area contributed by atoms with E-state index in [1.54, 1.807) is 12.4 Å². The van der Waals surface area contributed by atoms with E-state index < -0.39 is 5.41 Å². The zero-order chi connectivity index (χ0) is 21.9. The minimum atomic E-state index is -0.464. The molecule has 5 heteroatoms. The number of nitrogens with zero attached hydrogens (tertiary/aromatic N) is 3. The van der Waals surface area contributed by atoms with Crippen LogP contribution in [0.2, 0.25) is 0 Å². The van der Waals surface area contributed by atoms with Crippen LogP contribution in [0.25, 0.3) is 0 Å². The summed E-state index contributed by atoms with van der Waals surface area (Å²) >= 11 is 0. The van der Waals surface area contributed by atoms with E-state index in [2.05, 4.69) is 34.2 Å². The number of carbonyl (C=O) groups excluding carboxylic acids is 1. The Kier molecular flexibility index (Phi) is 6.27. The lowest BCUT2D eigenvalue weighted by Gasteiger charge is -2.52. The van der Waals surface area contributed by atoms with Gasteiger partial charge in [0.1, 0.15) is 6.54 Å². The Bertz CT molecular complexity index is 886. The summed E-state index contributed by atoms with van der Waals surface area (Å²) in [5, 5.41) is 0. The summed E-state index contributed by atoms with van der Waals surface area (Å²) in [7, 11) is 0. The van der Waals surface area contributed by atoms with Gasteiger partial charge in [-0.05, 0) is 18.4 Å². The van der Waals surface area contributed by atoms with Gasteiger partial charge in [-0.3, -0.25) is 14.8 Å². The molecule has 1 atom stereocenters. The molecule has 1 aromatic carbocycles. The molecule has 2 aromatic rings. The average Bonchev–Trinajstić information content (AvgIpc) is 3.12. The summed E-state index contributed by atoms with van der Waals surface area (Å²) in [6, 6.07) is 10.4. The van der Waals surface area contributed by atoms with Gasteiger partial charge in [0.2, 0.25) is 0 Å². The van der Waals surface area contributed by atoms with Gasteiger partial charge in [-0.2, -0.15) is 0 Å². The topological polar surface area (TPSA) is 52.1 Å². The molecule has 170 valence electrons. The molecule has 6 rings (SSSR count). The highest BCUT2D eigenvalue weighted by molar-refractivity contribution is 5.83. The van der Waals surface area contributed by atoms with E-state index in [0.29, 0.717) is 5.92 Å². The first-order chi connectivity index (χ1) is 15.7. The Morgan fingerprint density at radius 3 is 2.47 bits per heavy atom. The highest BCUT2D eigenvalue weighted by Gasteiger charge is 2.50. The van der Waals surface area contributed by atoms with Crippen molar-refractivity contribution in [1.29, 1.82) is 0 Å². The number of hydrogen-bond acceptors (Lipinski definition) is 4. The SMILES string of the molecule is O=C(OC1C[N+]2(CCc3cnccn3)CCC1CC2)C1(c2ccccc2)CCCCCC1. The van der Waals surface area contributed by atoms with Gasteiger partial charge in [-0.15, -0.1) is 0 Å². The summed E-state index contributed by atoms with van der Waals surface area (Å²) in [6.45, 7) is 4.41. The molecule has 3 aliphatic heterocycles. The van der Waals surface area contributed by atoms with Crippen molar-refractivity contribution in [3.63, 3.8) is 0 Å². The fourth-order valence-electron chi connectivity index (χ4n) is 6.43. The first-order valence-electron chi connectivity index (χ1n) is 12.6. The van der Waals surface area contributed by atoms with Gasteiger partial charge >= 0.3 is 5.97 Å². The van der Waals surface area contributed by atoms with Gasteiger partial charge in [0.15, 0.2) is 6.10 Å². The van der Waals surface area contributed by atoms with Crippen molar-refractivity contribution in [1.82, 2.24) is 9.97 Å². The number of carbonyl (C=O) groups is 1. The zero-order valence-electron chi connectivity index (χ0n) is 19.1. The second-order valence-corrected chi connectivity index (χ2v) is 10.3. The number of quaternary nitrogens is 1. The number of esters is 1. The van der Waals surface area contributed by atoms with Gasteiger partial charge in [0.25, 0.3) is 0 Å². The van der Waals surface area contributed by atoms with Crippen LogP contribution in [0, 0.1) is 5.92 Å². The van der Waals surface area contributed by atoms with Gasteiger partial charge in [0.05, 0.1) is 30.7 Å². The predicted octanol–water partition coefficient (Wildman–Crippen LogP) is 4.46. The number of hydrogen-bond donors (Lipinski definition) is 0. The molecule has 4 heterocycles. The number of aromatic nitrogens is 2. The molecule has 1 aromatic heterocycles. The molecule has 0 amide bonds. The maximum atomic E-state index is 13.9. The fraction of sp³-hybridized carbons (Fsp3) is 0.593. The number of benzene rings is 1. The lowest BCUT2D eigenvalue weighted by Crippen LogP contribution is -2.65. The minimum Gasteiger partial charge on any atom is -0.455 e. The van der Waals surface area contributed by atoms with Crippen LogP contribution in [-0.4, -0.2) is 52.7 Å². The third-order valence-corrected chi connectivity index (χ3v) is 8.43. The first-order valence-corrected chi connectivity index (χ1v) is 12.6. The van der Waals surface area contributed by atoms with Gasteiger partial charge in [0, 0.05) is 43.8 Å². The third kappa shape index (κ3) is 4.32. The summed E-state index contributed by atoms with van der Waals surface area (Å²) in [5.41, 5.74) is 1.75. The van der Waals surface area contributed by atoms with E-state index in [1.165, 1.54) is 25.9 Å². The van der Waals surface area contributed by atoms with Crippen LogP contribution in [0.3, 0.4) is 0 Å². The molecule has 32 heavy (non-hydrogen) atoms. The van der Waals surface area contributed by atoms with Crippen LogP contribution in [-0.2, 0) is 21.4 Å². The van der Waals surface area contributed by atoms with Gasteiger partial charge in [-0.25, -0.2) is 0 Å². The largest absolute Gasteiger partial charge is 0.455 e. The third-order valence-electron chi connectivity index (χ3n) is 8.43. The Morgan fingerprint density at radius 1 is 1.03 bits per heavy atom. The van der Waals surface area contributed by atoms with Crippen molar-refractivity contribution in [2.75, 3.05) is 26.2 Å². The van der Waals surface area contributed by atoms with Crippen LogP contribution in [0.5, 0.6) is 0 Å². The number of rotatable bonds is 6. The molecular weight excluding hydrogens is 398 g/mol. The smallest absolute Gasteiger partial charge is 0.317 e. The molecule has 1 saturated carbocycles. The molecule has 2 bridgehead atoms. The highest BCUT2D eigenvalue weighted by atomic mass is 16.5. The van der Waals surface area contributed by atoms with Gasteiger partial charge in [-0.1, -0.05) is 56.0 Å². The van der Waals surface area contributed by atoms with Crippen molar-refractivity contribution in [2.45, 2.75) is 69.3 Å². The fourth-order valence-corrected chi connectivity index (χ4v) is 6.43. The highest BCUT2D eigenvalue weighted by Crippen LogP contribution is 2.42. The number of fused-ring (bicyclic) bond motifs is 3. The second kappa shape index (κ2) is 9.30. The van der Waals surface area contributed by atoms with E-state index in [4.69, 9.17) is 4.74 Å². The van der Waals surface area contributed by atoms with Crippen molar-refractivity contribution in [2.24, 2.45) is 5.92 Å². The molecule has 5 nitrogen and oxygen atoms in total. The second-order valence-electron chi connectivity index (χ2n) is 10.3. The number of piperidine rings is 3. The predicted molar refractivity (Wildman–Crippen MR) is 124 cm³/mol. The maximum Gasteiger partial charge on any atom is 0.317 e. The summed E-state index contributed by atoms with van der Waals surface area (Å²) in [6.07, 6.45) is 15.2. The Hall–Kier alpha value is -2.27. The lowest BCUT2D eigenvalue weighted by molar-refractivity contribution is -0.946. The molecule has 0 N–H and O–H groups in total. The maximum absolute atomic E-state index is 13.9. The standard InChI is InChI=1S/C27H36N3O2/c31-26(27(13-6-1-2-7-14-27)23-8-4-3-5-9-23)32-25-21-30(17-10-22(25)11-18-30)19-12-24-20-28-15-16-29-24/h3-5,8-9,15-16,20,22,25H,1-2,6-7,10-14,17-19,21H2/q+1. The normalized spacial score (nSPS) is 29.2. The quantitative estimate of drug-likeness (QED) is 0.383. The molecule has 4 aliphatic rings. The number of ether oxygens (including phenoxy) is 1. The van der Waals surface area contributed by atoms with Crippen molar-refractivity contribution in [3.8, 4) is 0 Å². The van der Waals surface area contributed by atoms with E-state index >= 15 is 0 Å². The van der Waals surface area contributed by atoms with Crippen LogP contribution in [0.15, 0.2) is 48.9 Å². The molecular formula is C27H36N3O2+. The molecule has 4 fully saturated rings. The van der Waals surface area contributed by atoms with Crippen LogP contribution >= 0.6 is 0 Å². The monoisotopic (exact) mass is 434 g/mol. The molecule has 0 spiro atoms. The van der Waals surface area contributed by atoms with E-state index in [1.807, 2.05) is 12.3 Å². The van der Waals surface area contributed by atoms with E-state index in [9.17, 15) is 4.79 Å². The van der Waals surface area contributed by atoms with Crippen LogP contribution in [0.4, 0.5) is 0 Å². The molecule has 3 saturated heterocycles. The Labute approximate surface area is 191 Å². The average molecular weight is 435 g/mol. The first kappa shape index (κ1) is 21.6. The Morgan fingerprint density at radius 2 is 1.78 bits per heavy atom. The van der Waals surface area contributed by atoms with Crippen molar-refractivity contribution < 1.29 is 14.0 Å². The van der Waals surface area contributed by atoms with Crippen molar-refractivity contribution in [3.05, 3.63) is 60.2 Å². The minimum absolute atomic E-state index is 0.0384. The molecule has 1 aliphatic carbocycles. The van der Waals surface area contributed by atoms with Gasteiger partial charge < -0.3 is 9.22 Å². The van der Waals surface area contributed by atoms with Crippen LogP contribution < -0.4 is 0 Å². The summed E-state index contributed by atoms with van der Waals surface area (Å²) in [4.78, 5) is 22.5. The molecule has 1 unspecified atom stereocenters. The summed E-state index contributed by atoms with van der Waals surface area (Å²) in [5.74, 6) is 0.561.